The molecular formula is C13H27N3. The van der Waals surface area contributed by atoms with Gasteiger partial charge in [-0.1, -0.05) is 0 Å². The van der Waals surface area contributed by atoms with Crippen LogP contribution in [0.4, 0.5) is 0 Å². The number of piperidine rings is 1. The molecule has 2 aliphatic rings. The molecule has 94 valence electrons. The highest BCUT2D eigenvalue weighted by molar-refractivity contribution is 4.75. The van der Waals surface area contributed by atoms with Gasteiger partial charge in [-0.25, -0.2) is 0 Å². The summed E-state index contributed by atoms with van der Waals surface area (Å²) in [5, 5.41) is 0. The van der Waals surface area contributed by atoms with Crippen molar-refractivity contribution in [1.82, 2.24) is 9.80 Å². The van der Waals surface area contributed by atoms with Gasteiger partial charge in [0.1, 0.15) is 0 Å². The fraction of sp³-hybridized carbons (Fsp3) is 1.00. The van der Waals surface area contributed by atoms with Crippen molar-refractivity contribution in [3.8, 4) is 0 Å². The second-order valence-corrected chi connectivity index (χ2v) is 5.41. The normalized spacial score (nSPS) is 25.3. The Balaban J connectivity index is 1.57. The van der Waals surface area contributed by atoms with Crippen molar-refractivity contribution in [2.24, 2.45) is 11.7 Å². The van der Waals surface area contributed by atoms with Gasteiger partial charge in [0.15, 0.2) is 0 Å². The second kappa shape index (κ2) is 6.58. The molecule has 0 saturated carbocycles. The molecule has 0 aromatic rings. The Hall–Kier alpha value is -0.120. The van der Waals surface area contributed by atoms with Crippen molar-refractivity contribution in [3.05, 3.63) is 0 Å². The number of hydrogen-bond acceptors (Lipinski definition) is 3. The minimum Gasteiger partial charge on any atom is -0.329 e. The van der Waals surface area contributed by atoms with Crippen LogP contribution < -0.4 is 5.73 Å². The topological polar surface area (TPSA) is 32.5 Å². The number of nitrogens with two attached hydrogens (primary N) is 1. The third-order valence-corrected chi connectivity index (χ3v) is 4.20. The quantitative estimate of drug-likeness (QED) is 0.761. The maximum atomic E-state index is 5.59. The molecule has 2 fully saturated rings. The predicted octanol–water partition coefficient (Wildman–Crippen LogP) is 1.14. The van der Waals surface area contributed by atoms with Crippen LogP contribution in [-0.4, -0.2) is 55.6 Å². The van der Waals surface area contributed by atoms with Crippen molar-refractivity contribution in [2.75, 3.05) is 45.8 Å². The molecule has 2 heterocycles. The molecule has 2 N–H and O–H groups in total. The highest BCUT2D eigenvalue weighted by atomic mass is 15.1. The molecular weight excluding hydrogens is 198 g/mol. The smallest absolute Gasteiger partial charge is 0.0105 e. The van der Waals surface area contributed by atoms with Crippen molar-refractivity contribution >= 4 is 0 Å². The molecule has 3 nitrogen and oxygen atoms in total. The molecule has 0 amide bonds. The van der Waals surface area contributed by atoms with Gasteiger partial charge in [0, 0.05) is 13.1 Å². The number of nitrogens with zero attached hydrogens (tertiary/aromatic N) is 2. The number of rotatable bonds is 5. The summed E-state index contributed by atoms with van der Waals surface area (Å²) < 4.78 is 0. The van der Waals surface area contributed by atoms with Gasteiger partial charge in [0.25, 0.3) is 0 Å². The van der Waals surface area contributed by atoms with Crippen LogP contribution in [-0.2, 0) is 0 Å². The molecule has 0 radical (unpaired) electrons. The molecule has 2 aliphatic heterocycles. The fourth-order valence-electron chi connectivity index (χ4n) is 3.05. The highest BCUT2D eigenvalue weighted by Crippen LogP contribution is 2.21. The van der Waals surface area contributed by atoms with Crippen molar-refractivity contribution in [3.63, 3.8) is 0 Å². The van der Waals surface area contributed by atoms with Gasteiger partial charge in [0.05, 0.1) is 0 Å². The molecule has 2 rings (SSSR count). The highest BCUT2D eigenvalue weighted by Gasteiger charge is 2.20. The zero-order chi connectivity index (χ0) is 11.2. The lowest BCUT2D eigenvalue weighted by Crippen LogP contribution is -2.37. The maximum absolute atomic E-state index is 5.59. The Bertz CT molecular complexity index is 182. The van der Waals surface area contributed by atoms with Crippen molar-refractivity contribution in [2.45, 2.75) is 32.1 Å². The lowest BCUT2D eigenvalue weighted by Gasteiger charge is -2.32. The minimum absolute atomic E-state index is 0.818. The monoisotopic (exact) mass is 225 g/mol. The predicted molar refractivity (Wildman–Crippen MR) is 68.5 cm³/mol. The Labute approximate surface area is 100.0 Å². The van der Waals surface area contributed by atoms with Crippen LogP contribution in [0.3, 0.4) is 0 Å². The summed E-state index contributed by atoms with van der Waals surface area (Å²) in [6, 6.07) is 0. The lowest BCUT2D eigenvalue weighted by atomic mass is 9.93. The zero-order valence-electron chi connectivity index (χ0n) is 10.5. The Morgan fingerprint density at radius 1 is 0.875 bits per heavy atom. The molecule has 0 spiro atoms. The van der Waals surface area contributed by atoms with E-state index in [1.54, 1.807) is 0 Å². The van der Waals surface area contributed by atoms with Crippen LogP contribution in [0.1, 0.15) is 32.1 Å². The molecule has 0 aromatic heterocycles. The van der Waals surface area contributed by atoms with E-state index in [0.29, 0.717) is 0 Å². The molecule has 0 unspecified atom stereocenters. The first kappa shape index (κ1) is 12.3. The van der Waals surface area contributed by atoms with E-state index in [4.69, 9.17) is 5.73 Å². The lowest BCUT2D eigenvalue weighted by molar-refractivity contribution is 0.172. The Kier molecular flexibility index (Phi) is 5.07. The van der Waals surface area contributed by atoms with Crippen molar-refractivity contribution in [1.29, 1.82) is 0 Å². The van der Waals surface area contributed by atoms with E-state index < -0.39 is 0 Å². The molecule has 3 heteroatoms. The van der Waals surface area contributed by atoms with Crippen LogP contribution in [0.15, 0.2) is 0 Å². The van der Waals surface area contributed by atoms with Crippen LogP contribution in [0.25, 0.3) is 0 Å². The first-order chi connectivity index (χ1) is 7.88. The van der Waals surface area contributed by atoms with E-state index in [9.17, 15) is 0 Å². The average Bonchev–Trinajstić information content (AvgIpc) is 2.82. The Morgan fingerprint density at radius 3 is 2.12 bits per heavy atom. The summed E-state index contributed by atoms with van der Waals surface area (Å²) in [4.78, 5) is 5.17. The van der Waals surface area contributed by atoms with Gasteiger partial charge in [-0.05, 0) is 70.7 Å². The van der Waals surface area contributed by atoms with E-state index in [1.165, 1.54) is 64.8 Å². The molecule has 0 aliphatic carbocycles. The second-order valence-electron chi connectivity index (χ2n) is 5.41. The van der Waals surface area contributed by atoms with E-state index in [-0.39, 0.29) is 0 Å². The SMILES string of the molecule is NCCN1CCC(CCN2CCCC2)CC1. The van der Waals surface area contributed by atoms with Crippen molar-refractivity contribution < 1.29 is 0 Å². The number of hydrogen-bond donors (Lipinski definition) is 1. The van der Waals surface area contributed by atoms with E-state index in [0.717, 1.165) is 19.0 Å². The summed E-state index contributed by atoms with van der Waals surface area (Å²) in [7, 11) is 0. The van der Waals surface area contributed by atoms with Gasteiger partial charge in [-0.15, -0.1) is 0 Å². The zero-order valence-corrected chi connectivity index (χ0v) is 10.5. The van der Waals surface area contributed by atoms with Gasteiger partial charge in [0.2, 0.25) is 0 Å². The third-order valence-electron chi connectivity index (χ3n) is 4.20. The molecule has 2 saturated heterocycles. The minimum atomic E-state index is 0.818. The summed E-state index contributed by atoms with van der Waals surface area (Å²) in [5.41, 5.74) is 5.59. The summed E-state index contributed by atoms with van der Waals surface area (Å²) in [6.07, 6.45) is 7.07. The summed E-state index contributed by atoms with van der Waals surface area (Å²) in [5.74, 6) is 0.981. The van der Waals surface area contributed by atoms with Crippen LogP contribution in [0, 0.1) is 5.92 Å². The molecule has 0 atom stereocenters. The first-order valence-electron chi connectivity index (χ1n) is 7.03. The van der Waals surface area contributed by atoms with E-state index in [2.05, 4.69) is 9.80 Å². The van der Waals surface area contributed by atoms with Gasteiger partial charge in [-0.3, -0.25) is 0 Å². The average molecular weight is 225 g/mol. The third kappa shape index (κ3) is 3.72. The van der Waals surface area contributed by atoms with Crippen LogP contribution >= 0.6 is 0 Å². The standard InChI is InChI=1S/C13H27N3/c14-6-12-16-10-4-13(5-11-16)3-9-15-7-1-2-8-15/h13H,1-12,14H2. The summed E-state index contributed by atoms with van der Waals surface area (Å²) >= 11 is 0. The van der Waals surface area contributed by atoms with Gasteiger partial charge in [-0.2, -0.15) is 0 Å². The molecule has 16 heavy (non-hydrogen) atoms. The maximum Gasteiger partial charge on any atom is 0.0105 e. The van der Waals surface area contributed by atoms with E-state index >= 15 is 0 Å². The fourth-order valence-corrected chi connectivity index (χ4v) is 3.05. The number of likely N-dealkylation sites (tertiary alicyclic amines) is 2. The molecule has 0 bridgehead atoms. The molecule has 0 aromatic carbocycles. The van der Waals surface area contributed by atoms with Crippen LogP contribution in [0.5, 0.6) is 0 Å². The Morgan fingerprint density at radius 2 is 1.50 bits per heavy atom. The van der Waals surface area contributed by atoms with Gasteiger partial charge >= 0.3 is 0 Å². The van der Waals surface area contributed by atoms with E-state index in [1.807, 2.05) is 0 Å². The summed E-state index contributed by atoms with van der Waals surface area (Å²) in [6.45, 7) is 8.53. The largest absolute Gasteiger partial charge is 0.329 e. The van der Waals surface area contributed by atoms with Gasteiger partial charge < -0.3 is 15.5 Å². The van der Waals surface area contributed by atoms with Crippen LogP contribution in [0.2, 0.25) is 0 Å². The first-order valence-corrected chi connectivity index (χ1v) is 7.03.